The van der Waals surface area contributed by atoms with Crippen LogP contribution in [-0.2, 0) is 13.3 Å². The van der Waals surface area contributed by atoms with E-state index in [9.17, 15) is 0 Å². The van der Waals surface area contributed by atoms with Crippen molar-refractivity contribution in [3.05, 3.63) is 0 Å². The van der Waals surface area contributed by atoms with Crippen LogP contribution in [0.2, 0.25) is 0 Å². The van der Waals surface area contributed by atoms with E-state index in [0.29, 0.717) is 6.61 Å². The molecule has 90 valence electrons. The number of rotatable bonds is 6. The molecule has 1 rings (SSSR count). The molecule has 0 spiro atoms. The van der Waals surface area contributed by atoms with E-state index in [1.165, 1.54) is 19.3 Å². The molecule has 0 aromatic carbocycles. The van der Waals surface area contributed by atoms with Crippen molar-refractivity contribution < 1.29 is 13.3 Å². The third-order valence-corrected chi connectivity index (χ3v) is 5.57. The van der Waals surface area contributed by atoms with Crippen molar-refractivity contribution in [3.63, 3.8) is 0 Å². The molecular formula is C10H23NO3Si. The van der Waals surface area contributed by atoms with Gasteiger partial charge in [0.05, 0.1) is 0 Å². The third kappa shape index (κ3) is 3.25. The van der Waals surface area contributed by atoms with Crippen LogP contribution in [0.1, 0.15) is 32.6 Å². The minimum absolute atomic E-state index is 0.713. The van der Waals surface area contributed by atoms with Crippen LogP contribution >= 0.6 is 0 Å². The van der Waals surface area contributed by atoms with Crippen molar-refractivity contribution in [2.75, 3.05) is 33.9 Å². The van der Waals surface area contributed by atoms with Crippen LogP contribution in [0.15, 0.2) is 0 Å². The first-order valence-corrected chi connectivity index (χ1v) is 7.45. The van der Waals surface area contributed by atoms with E-state index < -0.39 is 8.97 Å². The van der Waals surface area contributed by atoms with Gasteiger partial charge in [-0.15, -0.1) is 0 Å². The van der Waals surface area contributed by atoms with Crippen molar-refractivity contribution in [3.8, 4) is 0 Å². The van der Waals surface area contributed by atoms with Gasteiger partial charge in [0.25, 0.3) is 0 Å². The van der Waals surface area contributed by atoms with Crippen molar-refractivity contribution in [2.45, 2.75) is 32.6 Å². The van der Waals surface area contributed by atoms with Crippen molar-refractivity contribution in [2.24, 2.45) is 0 Å². The Morgan fingerprint density at radius 3 is 2.13 bits per heavy atom. The summed E-state index contributed by atoms with van der Waals surface area (Å²) < 4.78 is 19.2. The highest BCUT2D eigenvalue weighted by Crippen LogP contribution is 2.20. The Balaban J connectivity index is 2.59. The molecule has 0 saturated carbocycles. The van der Waals surface area contributed by atoms with Crippen LogP contribution in [0.25, 0.3) is 0 Å². The minimum atomic E-state index is -2.53. The van der Waals surface area contributed by atoms with Gasteiger partial charge in [-0.05, 0) is 32.4 Å². The number of hydrogen-bond donors (Lipinski definition) is 0. The summed E-state index contributed by atoms with van der Waals surface area (Å²) in [5.41, 5.74) is 0. The maximum Gasteiger partial charge on any atom is 0.599 e. The molecule has 1 fully saturated rings. The number of piperidine rings is 1. The number of hydrogen-bond acceptors (Lipinski definition) is 4. The van der Waals surface area contributed by atoms with Crippen molar-refractivity contribution in [1.82, 2.24) is 4.57 Å². The molecule has 0 atom stereocenters. The van der Waals surface area contributed by atoms with Gasteiger partial charge in [0.15, 0.2) is 0 Å². The zero-order chi connectivity index (χ0) is 11.1. The lowest BCUT2D eigenvalue weighted by Gasteiger charge is -2.38. The predicted molar refractivity (Wildman–Crippen MR) is 61.4 cm³/mol. The molecule has 0 aromatic heterocycles. The highest BCUT2D eigenvalue weighted by Gasteiger charge is 2.47. The normalized spacial score (nSPS) is 19.4. The molecule has 0 aliphatic carbocycles. The molecule has 1 heterocycles. The molecule has 4 nitrogen and oxygen atoms in total. The standard InChI is InChI=1S/C10H23NO3Si/c1-4-10-14-15(12-2,13-3)11-8-6-5-7-9-11/h4-10H2,1-3H3. The van der Waals surface area contributed by atoms with E-state index in [4.69, 9.17) is 13.3 Å². The van der Waals surface area contributed by atoms with Crippen LogP contribution in [0.4, 0.5) is 0 Å². The summed E-state index contributed by atoms with van der Waals surface area (Å²) in [7, 11) is 0.859. The smallest absolute Gasteiger partial charge is 0.364 e. The van der Waals surface area contributed by atoms with Gasteiger partial charge in [-0.1, -0.05) is 13.3 Å². The second-order valence-electron chi connectivity index (χ2n) is 3.83. The first-order valence-electron chi connectivity index (χ1n) is 5.78. The van der Waals surface area contributed by atoms with Gasteiger partial charge >= 0.3 is 8.97 Å². The summed E-state index contributed by atoms with van der Waals surface area (Å²) >= 11 is 0. The largest absolute Gasteiger partial charge is 0.599 e. The topological polar surface area (TPSA) is 30.9 Å². The summed E-state index contributed by atoms with van der Waals surface area (Å²) in [6.07, 6.45) is 4.74. The SMILES string of the molecule is CCCO[Si](OC)(OC)N1CCCCC1. The zero-order valence-electron chi connectivity index (χ0n) is 10.1. The monoisotopic (exact) mass is 233 g/mol. The second-order valence-corrected chi connectivity index (χ2v) is 6.61. The maximum absolute atomic E-state index is 5.84. The van der Waals surface area contributed by atoms with Gasteiger partial charge in [0.2, 0.25) is 0 Å². The molecule has 5 heteroatoms. The Kier molecular flexibility index (Phi) is 5.77. The molecule has 1 aliphatic rings. The van der Waals surface area contributed by atoms with Crippen molar-refractivity contribution in [1.29, 1.82) is 0 Å². The van der Waals surface area contributed by atoms with E-state index in [0.717, 1.165) is 19.5 Å². The molecular weight excluding hydrogens is 210 g/mol. The molecule has 0 aromatic rings. The highest BCUT2D eigenvalue weighted by atomic mass is 28.4. The van der Waals surface area contributed by atoms with E-state index in [1.807, 2.05) is 0 Å². The minimum Gasteiger partial charge on any atom is -0.364 e. The predicted octanol–water partition coefficient (Wildman–Crippen LogP) is 1.63. The average Bonchev–Trinajstić information content (AvgIpc) is 2.33. The second kappa shape index (κ2) is 6.60. The molecule has 15 heavy (non-hydrogen) atoms. The average molecular weight is 233 g/mol. The summed E-state index contributed by atoms with van der Waals surface area (Å²) in [4.78, 5) is 0. The van der Waals surface area contributed by atoms with Crippen LogP contribution in [0.3, 0.4) is 0 Å². The lowest BCUT2D eigenvalue weighted by Crippen LogP contribution is -2.61. The first-order chi connectivity index (χ1) is 7.29. The Labute approximate surface area is 93.9 Å². The van der Waals surface area contributed by atoms with E-state index in [2.05, 4.69) is 11.5 Å². The van der Waals surface area contributed by atoms with Gasteiger partial charge < -0.3 is 13.3 Å². The fourth-order valence-corrected chi connectivity index (χ4v) is 4.38. The van der Waals surface area contributed by atoms with Gasteiger partial charge in [0.1, 0.15) is 0 Å². The molecule has 0 N–H and O–H groups in total. The highest BCUT2D eigenvalue weighted by molar-refractivity contribution is 6.57. The van der Waals surface area contributed by atoms with Crippen LogP contribution < -0.4 is 0 Å². The van der Waals surface area contributed by atoms with E-state index in [1.54, 1.807) is 14.2 Å². The van der Waals surface area contributed by atoms with Crippen LogP contribution in [0.5, 0.6) is 0 Å². The van der Waals surface area contributed by atoms with Crippen LogP contribution in [0, 0.1) is 0 Å². The lowest BCUT2D eigenvalue weighted by atomic mass is 10.2. The summed E-state index contributed by atoms with van der Waals surface area (Å²) in [6, 6.07) is 0. The fourth-order valence-electron chi connectivity index (χ4n) is 1.95. The first kappa shape index (κ1) is 13.1. The lowest BCUT2D eigenvalue weighted by molar-refractivity contribution is 0.0330. The van der Waals surface area contributed by atoms with E-state index in [-0.39, 0.29) is 0 Å². The molecule has 1 saturated heterocycles. The molecule has 0 bridgehead atoms. The Morgan fingerprint density at radius 2 is 1.67 bits per heavy atom. The molecule has 0 unspecified atom stereocenters. The van der Waals surface area contributed by atoms with Crippen molar-refractivity contribution >= 4 is 8.97 Å². The Morgan fingerprint density at radius 1 is 1.07 bits per heavy atom. The van der Waals surface area contributed by atoms with Gasteiger partial charge in [-0.25, -0.2) is 0 Å². The molecule has 1 aliphatic heterocycles. The fraction of sp³-hybridized carbons (Fsp3) is 1.00. The summed E-state index contributed by atoms with van der Waals surface area (Å²) in [6.45, 7) is 4.89. The zero-order valence-corrected chi connectivity index (χ0v) is 11.1. The quantitative estimate of drug-likeness (QED) is 0.652. The van der Waals surface area contributed by atoms with Gasteiger partial charge in [0, 0.05) is 20.8 Å². The third-order valence-electron chi connectivity index (χ3n) is 2.75. The summed E-state index contributed by atoms with van der Waals surface area (Å²) in [5, 5.41) is 0. The van der Waals surface area contributed by atoms with Crippen LogP contribution in [-0.4, -0.2) is 47.4 Å². The maximum atomic E-state index is 5.84. The number of nitrogens with zero attached hydrogens (tertiary/aromatic N) is 1. The Bertz CT molecular complexity index is 170. The summed E-state index contributed by atoms with van der Waals surface area (Å²) in [5.74, 6) is 0. The van der Waals surface area contributed by atoms with Gasteiger partial charge in [-0.2, -0.15) is 0 Å². The molecule has 0 amide bonds. The Hall–Kier alpha value is 0.0569. The van der Waals surface area contributed by atoms with Gasteiger partial charge in [-0.3, -0.25) is 4.57 Å². The molecule has 0 radical (unpaired) electrons. The van der Waals surface area contributed by atoms with E-state index >= 15 is 0 Å².